The van der Waals surface area contributed by atoms with Gasteiger partial charge in [0.15, 0.2) is 11.0 Å². The third-order valence-electron chi connectivity index (χ3n) is 4.73. The lowest BCUT2D eigenvalue weighted by molar-refractivity contribution is -0.118. The zero-order chi connectivity index (χ0) is 20.1. The normalized spacial score (nSPS) is 10.9. The first-order chi connectivity index (χ1) is 13.5. The summed E-state index contributed by atoms with van der Waals surface area (Å²) in [5.41, 5.74) is 5.80. The van der Waals surface area contributed by atoms with Gasteiger partial charge in [-0.1, -0.05) is 59.8 Å². The van der Waals surface area contributed by atoms with Crippen LogP contribution in [0.4, 0.5) is 0 Å². The molecular formula is C22H26N4OS. The maximum absolute atomic E-state index is 12.3. The number of aromatic nitrogens is 3. The van der Waals surface area contributed by atoms with E-state index in [1.54, 1.807) is 0 Å². The van der Waals surface area contributed by atoms with Crippen molar-refractivity contribution >= 4 is 17.7 Å². The van der Waals surface area contributed by atoms with Crippen LogP contribution >= 0.6 is 11.8 Å². The Balaban J connectivity index is 1.63. The average Bonchev–Trinajstić information content (AvgIpc) is 3.08. The summed E-state index contributed by atoms with van der Waals surface area (Å²) in [6, 6.07) is 14.4. The van der Waals surface area contributed by atoms with Gasteiger partial charge in [-0.2, -0.15) is 0 Å². The predicted molar refractivity (Wildman–Crippen MR) is 114 cm³/mol. The van der Waals surface area contributed by atoms with E-state index in [0.717, 1.165) is 34.2 Å². The van der Waals surface area contributed by atoms with E-state index in [1.807, 2.05) is 12.1 Å². The van der Waals surface area contributed by atoms with Crippen molar-refractivity contribution < 1.29 is 4.79 Å². The number of carbonyl (C=O) groups excluding carboxylic acids is 1. The number of nitrogens with one attached hydrogen (secondary N) is 1. The molecule has 0 aliphatic carbocycles. The van der Waals surface area contributed by atoms with E-state index in [4.69, 9.17) is 0 Å². The molecule has 0 unspecified atom stereocenters. The van der Waals surface area contributed by atoms with Crippen molar-refractivity contribution in [1.29, 1.82) is 0 Å². The van der Waals surface area contributed by atoms with Gasteiger partial charge in [0.05, 0.1) is 5.75 Å². The number of hydrogen-bond acceptors (Lipinski definition) is 4. The fourth-order valence-corrected chi connectivity index (χ4v) is 3.95. The molecule has 1 amide bonds. The minimum atomic E-state index is -0.00642. The quantitative estimate of drug-likeness (QED) is 0.607. The summed E-state index contributed by atoms with van der Waals surface area (Å²) in [6.45, 7) is 9.57. The van der Waals surface area contributed by atoms with Crippen LogP contribution in [0.15, 0.2) is 47.6 Å². The molecule has 3 rings (SSSR count). The Morgan fingerprint density at radius 2 is 1.86 bits per heavy atom. The van der Waals surface area contributed by atoms with Crippen LogP contribution < -0.4 is 5.32 Å². The van der Waals surface area contributed by atoms with Gasteiger partial charge in [-0.25, -0.2) is 0 Å². The van der Waals surface area contributed by atoms with E-state index in [-0.39, 0.29) is 5.91 Å². The van der Waals surface area contributed by atoms with Gasteiger partial charge in [0.2, 0.25) is 5.91 Å². The summed E-state index contributed by atoms with van der Waals surface area (Å²) in [6.07, 6.45) is 0. The largest absolute Gasteiger partial charge is 0.351 e. The topological polar surface area (TPSA) is 59.8 Å². The minimum Gasteiger partial charge on any atom is -0.351 e. The van der Waals surface area contributed by atoms with Gasteiger partial charge in [0.1, 0.15) is 0 Å². The summed E-state index contributed by atoms with van der Waals surface area (Å²) >= 11 is 1.42. The van der Waals surface area contributed by atoms with Gasteiger partial charge in [-0.15, -0.1) is 10.2 Å². The zero-order valence-electron chi connectivity index (χ0n) is 16.8. The Morgan fingerprint density at radius 3 is 2.57 bits per heavy atom. The molecule has 0 fully saturated rings. The molecule has 1 N–H and O–H groups in total. The second-order valence-corrected chi connectivity index (χ2v) is 7.80. The number of carbonyl (C=O) groups is 1. The molecule has 0 radical (unpaired) electrons. The molecule has 2 aromatic carbocycles. The lowest BCUT2D eigenvalue weighted by Gasteiger charge is -2.10. The first-order valence-corrected chi connectivity index (χ1v) is 10.4. The monoisotopic (exact) mass is 394 g/mol. The Hall–Kier alpha value is -2.60. The third-order valence-corrected chi connectivity index (χ3v) is 5.69. The van der Waals surface area contributed by atoms with E-state index in [1.165, 1.54) is 22.9 Å². The summed E-state index contributed by atoms with van der Waals surface area (Å²) in [5.74, 6) is 1.16. The summed E-state index contributed by atoms with van der Waals surface area (Å²) in [7, 11) is 0. The van der Waals surface area contributed by atoms with Crippen molar-refractivity contribution in [2.45, 2.75) is 45.9 Å². The van der Waals surface area contributed by atoms with E-state index >= 15 is 0 Å². The van der Waals surface area contributed by atoms with Crippen molar-refractivity contribution in [1.82, 2.24) is 20.1 Å². The number of amides is 1. The second-order valence-electron chi connectivity index (χ2n) is 6.86. The molecule has 146 valence electrons. The van der Waals surface area contributed by atoms with Crippen molar-refractivity contribution in [3.63, 3.8) is 0 Å². The molecule has 6 heteroatoms. The van der Waals surface area contributed by atoms with E-state index < -0.39 is 0 Å². The summed E-state index contributed by atoms with van der Waals surface area (Å²) < 4.78 is 2.06. The lowest BCUT2D eigenvalue weighted by atomic mass is 10.1. The second kappa shape index (κ2) is 9.06. The Labute approximate surface area is 170 Å². The fourth-order valence-electron chi connectivity index (χ4n) is 3.12. The van der Waals surface area contributed by atoms with Gasteiger partial charge in [0, 0.05) is 18.7 Å². The highest BCUT2D eigenvalue weighted by Gasteiger charge is 2.15. The van der Waals surface area contributed by atoms with Crippen molar-refractivity contribution in [3.8, 4) is 11.4 Å². The Bertz CT molecular complexity index is 980. The first kappa shape index (κ1) is 20.1. The highest BCUT2D eigenvalue weighted by Crippen LogP contribution is 2.26. The van der Waals surface area contributed by atoms with E-state index in [0.29, 0.717) is 12.3 Å². The molecule has 0 spiro atoms. The predicted octanol–water partition coefficient (Wildman–Crippen LogP) is 4.30. The maximum Gasteiger partial charge on any atom is 0.230 e. The van der Waals surface area contributed by atoms with Crippen molar-refractivity contribution in [2.75, 3.05) is 5.75 Å². The molecule has 28 heavy (non-hydrogen) atoms. The minimum absolute atomic E-state index is 0.00642. The Kier molecular flexibility index (Phi) is 6.52. The third kappa shape index (κ3) is 4.62. The number of hydrogen-bond donors (Lipinski definition) is 1. The highest BCUT2D eigenvalue weighted by molar-refractivity contribution is 7.99. The van der Waals surface area contributed by atoms with Crippen LogP contribution in [0.5, 0.6) is 0 Å². The van der Waals surface area contributed by atoms with E-state index in [9.17, 15) is 4.79 Å². The summed E-state index contributed by atoms with van der Waals surface area (Å²) in [5, 5.41) is 12.4. The van der Waals surface area contributed by atoms with Crippen LogP contribution in [0.2, 0.25) is 0 Å². The van der Waals surface area contributed by atoms with Crippen molar-refractivity contribution in [3.05, 3.63) is 64.7 Å². The van der Waals surface area contributed by atoms with Crippen LogP contribution in [0.3, 0.4) is 0 Å². The zero-order valence-corrected chi connectivity index (χ0v) is 17.6. The van der Waals surface area contributed by atoms with E-state index in [2.05, 4.69) is 78.1 Å². The van der Waals surface area contributed by atoms with Crippen LogP contribution in [0.25, 0.3) is 11.4 Å². The maximum atomic E-state index is 12.3. The van der Waals surface area contributed by atoms with Gasteiger partial charge in [0.25, 0.3) is 0 Å². The number of benzene rings is 2. The standard InChI is InChI=1S/C22H26N4OS/c1-5-26-21(19-9-7-6-8-16(19)3)24-25-22(26)28-14-20(27)23-13-18-11-10-15(2)12-17(18)4/h6-12H,5,13-14H2,1-4H3,(H,23,27). The van der Waals surface area contributed by atoms with Gasteiger partial charge >= 0.3 is 0 Å². The molecule has 5 nitrogen and oxygen atoms in total. The van der Waals surface area contributed by atoms with Crippen LogP contribution in [0, 0.1) is 20.8 Å². The molecule has 0 aliphatic rings. The van der Waals surface area contributed by atoms with Crippen molar-refractivity contribution in [2.24, 2.45) is 0 Å². The number of rotatable bonds is 7. The van der Waals surface area contributed by atoms with Crippen LogP contribution in [-0.4, -0.2) is 26.4 Å². The molecular weight excluding hydrogens is 368 g/mol. The van der Waals surface area contributed by atoms with Gasteiger partial charge in [-0.3, -0.25) is 4.79 Å². The average molecular weight is 395 g/mol. The summed E-state index contributed by atoms with van der Waals surface area (Å²) in [4.78, 5) is 12.3. The number of aryl methyl sites for hydroxylation is 3. The molecule has 0 atom stereocenters. The Morgan fingerprint density at radius 1 is 1.07 bits per heavy atom. The molecule has 0 bridgehead atoms. The molecule has 0 saturated carbocycles. The molecule has 1 aromatic heterocycles. The molecule has 3 aromatic rings. The van der Waals surface area contributed by atoms with Crippen LogP contribution in [0.1, 0.15) is 29.2 Å². The van der Waals surface area contributed by atoms with Gasteiger partial charge < -0.3 is 9.88 Å². The lowest BCUT2D eigenvalue weighted by Crippen LogP contribution is -2.25. The molecule has 0 aliphatic heterocycles. The molecule has 1 heterocycles. The smallest absolute Gasteiger partial charge is 0.230 e. The number of nitrogens with zero attached hydrogens (tertiary/aromatic N) is 3. The highest BCUT2D eigenvalue weighted by atomic mass is 32.2. The number of thioether (sulfide) groups is 1. The first-order valence-electron chi connectivity index (χ1n) is 9.44. The SMILES string of the molecule is CCn1c(SCC(=O)NCc2ccc(C)cc2C)nnc1-c1ccccc1C. The van der Waals surface area contributed by atoms with Gasteiger partial charge in [-0.05, 0) is 44.4 Å². The molecule has 0 saturated heterocycles. The van der Waals surface area contributed by atoms with Crippen LogP contribution in [-0.2, 0) is 17.9 Å². The fraction of sp³-hybridized carbons (Fsp3) is 0.318.